The summed E-state index contributed by atoms with van der Waals surface area (Å²) in [5.74, 6) is 0.781. The van der Waals surface area contributed by atoms with Crippen LogP contribution >= 0.6 is 11.6 Å². The van der Waals surface area contributed by atoms with E-state index in [-0.39, 0.29) is 16.5 Å². The molecule has 0 fully saturated rings. The number of nitrogens with zero attached hydrogens (tertiary/aromatic N) is 2. The Bertz CT molecular complexity index is 902. The van der Waals surface area contributed by atoms with Gasteiger partial charge in [0.2, 0.25) is 5.88 Å². The fourth-order valence-electron chi connectivity index (χ4n) is 2.20. The number of halogens is 1. The molecule has 0 saturated carbocycles. The van der Waals surface area contributed by atoms with Crippen LogP contribution in [0.1, 0.15) is 22.8 Å². The van der Waals surface area contributed by atoms with Crippen molar-refractivity contribution in [3.05, 3.63) is 77.2 Å². The van der Waals surface area contributed by atoms with Crippen LogP contribution in [0.15, 0.2) is 61.1 Å². The van der Waals surface area contributed by atoms with Crippen LogP contribution in [0.4, 0.5) is 0 Å². The average Bonchev–Trinajstić information content (AvgIpc) is 2.70. The first-order chi connectivity index (χ1) is 13.2. The maximum absolute atomic E-state index is 12.2. The lowest BCUT2D eigenvalue weighted by Gasteiger charge is -2.09. The van der Waals surface area contributed by atoms with Gasteiger partial charge in [0.05, 0.1) is 12.2 Å². The molecule has 0 amide bonds. The Morgan fingerprint density at radius 1 is 1.04 bits per heavy atom. The average molecular weight is 385 g/mol. The highest BCUT2D eigenvalue weighted by Gasteiger charge is 2.13. The van der Waals surface area contributed by atoms with Crippen molar-refractivity contribution in [2.75, 3.05) is 6.61 Å². The van der Waals surface area contributed by atoms with Gasteiger partial charge in [0.25, 0.3) is 0 Å². The molecular formula is C20H17ClN2O4. The first-order valence-corrected chi connectivity index (χ1v) is 8.66. The number of carbonyl (C=O) groups excluding carboxylic acids is 1. The van der Waals surface area contributed by atoms with Crippen LogP contribution in [-0.4, -0.2) is 22.5 Å². The van der Waals surface area contributed by atoms with Gasteiger partial charge in [-0.25, -0.2) is 9.78 Å². The normalized spacial score (nSPS) is 10.3. The van der Waals surface area contributed by atoms with Crippen LogP contribution in [0, 0.1) is 0 Å². The summed E-state index contributed by atoms with van der Waals surface area (Å²) in [6.45, 7) is 2.69. The second-order valence-corrected chi connectivity index (χ2v) is 5.86. The molecule has 3 rings (SSSR count). The zero-order chi connectivity index (χ0) is 19.1. The van der Waals surface area contributed by atoms with E-state index in [9.17, 15) is 4.79 Å². The van der Waals surface area contributed by atoms with E-state index in [1.54, 1.807) is 36.7 Å². The molecule has 0 aliphatic heterocycles. The van der Waals surface area contributed by atoms with Gasteiger partial charge in [0, 0.05) is 18.6 Å². The Kier molecular flexibility index (Phi) is 6.22. The van der Waals surface area contributed by atoms with Gasteiger partial charge in [-0.05, 0) is 55.0 Å². The van der Waals surface area contributed by atoms with E-state index in [0.717, 1.165) is 5.56 Å². The molecule has 0 spiro atoms. The lowest BCUT2D eigenvalue weighted by molar-refractivity contribution is 0.0734. The fourth-order valence-corrected chi connectivity index (χ4v) is 2.42. The van der Waals surface area contributed by atoms with Crippen LogP contribution in [0.5, 0.6) is 17.4 Å². The summed E-state index contributed by atoms with van der Waals surface area (Å²) in [7, 11) is 0. The van der Waals surface area contributed by atoms with Crippen molar-refractivity contribution in [3.63, 3.8) is 0 Å². The maximum atomic E-state index is 12.2. The number of pyridine rings is 2. The van der Waals surface area contributed by atoms with Gasteiger partial charge in [-0.3, -0.25) is 4.98 Å². The summed E-state index contributed by atoms with van der Waals surface area (Å²) in [5, 5.41) is 0.256. The van der Waals surface area contributed by atoms with Crippen LogP contribution in [0.2, 0.25) is 5.02 Å². The SMILES string of the molecule is CCOc1ncc(C(=O)Oc2ccc(OCc3ccncc3)cc2)cc1Cl. The van der Waals surface area contributed by atoms with Crippen molar-refractivity contribution in [3.8, 4) is 17.4 Å². The monoisotopic (exact) mass is 384 g/mol. The van der Waals surface area contributed by atoms with Crippen LogP contribution in [0.3, 0.4) is 0 Å². The molecule has 3 aromatic rings. The highest BCUT2D eigenvalue weighted by molar-refractivity contribution is 6.32. The van der Waals surface area contributed by atoms with Crippen molar-refractivity contribution in [2.45, 2.75) is 13.5 Å². The molecular weight excluding hydrogens is 368 g/mol. The number of esters is 1. The Hall–Kier alpha value is -3.12. The molecule has 1 aromatic carbocycles. The molecule has 0 aliphatic rings. The van der Waals surface area contributed by atoms with Crippen molar-refractivity contribution in [2.24, 2.45) is 0 Å². The Balaban J connectivity index is 1.59. The second-order valence-electron chi connectivity index (χ2n) is 5.45. The number of rotatable bonds is 7. The Morgan fingerprint density at radius 2 is 1.74 bits per heavy atom. The molecule has 2 heterocycles. The van der Waals surface area contributed by atoms with Gasteiger partial charge >= 0.3 is 5.97 Å². The molecule has 6 nitrogen and oxygen atoms in total. The molecule has 0 saturated heterocycles. The minimum atomic E-state index is -0.557. The molecule has 0 bridgehead atoms. The van der Waals surface area contributed by atoms with E-state index in [4.69, 9.17) is 25.8 Å². The largest absolute Gasteiger partial charge is 0.489 e. The van der Waals surface area contributed by atoms with Gasteiger partial charge in [-0.2, -0.15) is 0 Å². The first kappa shape index (κ1) is 18.7. The number of hydrogen-bond donors (Lipinski definition) is 0. The van der Waals surface area contributed by atoms with Crippen molar-refractivity contribution in [1.82, 2.24) is 9.97 Å². The van der Waals surface area contributed by atoms with Crippen LogP contribution in [0.25, 0.3) is 0 Å². The van der Waals surface area contributed by atoms with E-state index in [1.165, 1.54) is 12.3 Å². The van der Waals surface area contributed by atoms with E-state index < -0.39 is 5.97 Å². The Labute approximate surface area is 161 Å². The number of aromatic nitrogens is 2. The lowest BCUT2D eigenvalue weighted by atomic mass is 10.3. The minimum absolute atomic E-state index is 0.237. The first-order valence-electron chi connectivity index (χ1n) is 8.28. The van der Waals surface area contributed by atoms with Crippen LogP contribution in [-0.2, 0) is 6.61 Å². The van der Waals surface area contributed by atoms with Gasteiger partial charge in [0.1, 0.15) is 23.1 Å². The third kappa shape index (κ3) is 5.18. The Morgan fingerprint density at radius 3 is 2.41 bits per heavy atom. The highest BCUT2D eigenvalue weighted by Crippen LogP contribution is 2.24. The fraction of sp³-hybridized carbons (Fsp3) is 0.150. The zero-order valence-electron chi connectivity index (χ0n) is 14.6. The van der Waals surface area contributed by atoms with E-state index in [1.807, 2.05) is 19.1 Å². The number of benzene rings is 1. The molecule has 0 N–H and O–H groups in total. The summed E-state index contributed by atoms with van der Waals surface area (Å²) in [4.78, 5) is 20.2. The summed E-state index contributed by atoms with van der Waals surface area (Å²) in [5.41, 5.74) is 1.25. The summed E-state index contributed by atoms with van der Waals surface area (Å²) < 4.78 is 16.3. The quantitative estimate of drug-likeness (QED) is 0.446. The van der Waals surface area contributed by atoms with E-state index in [0.29, 0.717) is 24.7 Å². The molecule has 0 aliphatic carbocycles. The zero-order valence-corrected chi connectivity index (χ0v) is 15.3. The van der Waals surface area contributed by atoms with E-state index >= 15 is 0 Å². The van der Waals surface area contributed by atoms with Gasteiger partial charge in [-0.15, -0.1) is 0 Å². The molecule has 0 unspecified atom stereocenters. The summed E-state index contributed by atoms with van der Waals surface area (Å²) in [6.07, 6.45) is 4.79. The summed E-state index contributed by atoms with van der Waals surface area (Å²) in [6, 6.07) is 12.0. The molecule has 27 heavy (non-hydrogen) atoms. The smallest absolute Gasteiger partial charge is 0.345 e. The van der Waals surface area contributed by atoms with Gasteiger partial charge < -0.3 is 14.2 Å². The van der Waals surface area contributed by atoms with Gasteiger partial charge in [0.15, 0.2) is 0 Å². The lowest BCUT2D eigenvalue weighted by Crippen LogP contribution is -2.09. The van der Waals surface area contributed by atoms with Crippen molar-refractivity contribution >= 4 is 17.6 Å². The predicted molar refractivity (Wildman–Crippen MR) is 100 cm³/mol. The highest BCUT2D eigenvalue weighted by atomic mass is 35.5. The molecule has 7 heteroatoms. The van der Waals surface area contributed by atoms with Gasteiger partial charge in [-0.1, -0.05) is 11.6 Å². The number of carbonyl (C=O) groups is 1. The predicted octanol–water partition coefficient (Wildman–Crippen LogP) is 4.33. The van der Waals surface area contributed by atoms with Crippen molar-refractivity contribution in [1.29, 1.82) is 0 Å². The summed E-state index contributed by atoms with van der Waals surface area (Å²) >= 11 is 6.05. The number of hydrogen-bond acceptors (Lipinski definition) is 6. The van der Waals surface area contributed by atoms with Crippen LogP contribution < -0.4 is 14.2 Å². The third-order valence-electron chi connectivity index (χ3n) is 3.51. The standard InChI is InChI=1S/C20H17ClN2O4/c1-2-25-19-18(21)11-15(12-23-19)20(24)27-17-5-3-16(4-6-17)26-13-14-7-9-22-10-8-14/h3-12H,2,13H2,1H3. The molecule has 0 radical (unpaired) electrons. The maximum Gasteiger partial charge on any atom is 0.345 e. The number of ether oxygens (including phenoxy) is 3. The second kappa shape index (κ2) is 9.00. The van der Waals surface area contributed by atoms with E-state index in [2.05, 4.69) is 9.97 Å². The third-order valence-corrected chi connectivity index (χ3v) is 3.78. The molecule has 138 valence electrons. The molecule has 0 atom stereocenters. The minimum Gasteiger partial charge on any atom is -0.489 e. The topological polar surface area (TPSA) is 70.5 Å². The van der Waals surface area contributed by atoms with Crippen molar-refractivity contribution < 1.29 is 19.0 Å². The molecule has 2 aromatic heterocycles.